The van der Waals surface area contributed by atoms with Crippen LogP contribution < -0.4 is 5.32 Å². The number of nitrogens with zero attached hydrogens (tertiary/aromatic N) is 1. The van der Waals surface area contributed by atoms with Crippen molar-refractivity contribution in [1.29, 1.82) is 0 Å². The maximum absolute atomic E-state index is 12.3. The van der Waals surface area contributed by atoms with E-state index in [0.717, 1.165) is 0 Å². The molecule has 1 aliphatic rings. The summed E-state index contributed by atoms with van der Waals surface area (Å²) in [6.45, 7) is 14.9. The van der Waals surface area contributed by atoms with Gasteiger partial charge in [-0.25, -0.2) is 14.5 Å². The van der Waals surface area contributed by atoms with Crippen molar-refractivity contribution in [3.05, 3.63) is 0 Å². The number of rotatable bonds is 3. The Morgan fingerprint density at radius 3 is 2.08 bits per heavy atom. The quantitative estimate of drug-likeness (QED) is 0.815. The third kappa shape index (κ3) is 8.06. The Kier molecular flexibility index (Phi) is 6.71. The Morgan fingerprint density at radius 1 is 1.04 bits per heavy atom. The van der Waals surface area contributed by atoms with Crippen LogP contribution in [-0.4, -0.2) is 46.3 Å². The highest BCUT2D eigenvalue weighted by Gasteiger charge is 2.36. The molecule has 0 aliphatic carbocycles. The highest BCUT2D eigenvalue weighted by molar-refractivity contribution is 5.92. The topological polar surface area (TPSA) is 84.9 Å². The molecule has 1 fully saturated rings. The number of nitrogens with one attached hydrogen (secondary N) is 1. The first-order valence-electron chi connectivity index (χ1n) is 9.12. The van der Waals surface area contributed by atoms with E-state index in [4.69, 9.17) is 9.47 Å². The largest absolute Gasteiger partial charge is 0.444 e. The van der Waals surface area contributed by atoms with Gasteiger partial charge in [-0.3, -0.25) is 4.79 Å². The van der Waals surface area contributed by atoms with Crippen molar-refractivity contribution in [2.45, 2.75) is 91.4 Å². The lowest BCUT2D eigenvalue weighted by molar-refractivity contribution is -0.134. The van der Waals surface area contributed by atoms with Crippen LogP contribution in [0.5, 0.6) is 0 Å². The molecule has 150 valence electrons. The van der Waals surface area contributed by atoms with Crippen molar-refractivity contribution in [2.75, 3.05) is 6.54 Å². The van der Waals surface area contributed by atoms with Gasteiger partial charge in [0.15, 0.2) is 0 Å². The lowest BCUT2D eigenvalue weighted by Crippen LogP contribution is -2.51. The molecule has 0 aromatic rings. The molecule has 0 aromatic heterocycles. The van der Waals surface area contributed by atoms with E-state index in [2.05, 4.69) is 5.32 Å². The summed E-state index contributed by atoms with van der Waals surface area (Å²) in [6.07, 6.45) is 0.520. The number of carbonyl (C=O) groups is 3. The predicted octanol–water partition coefficient (Wildman–Crippen LogP) is 3.85. The molecule has 0 radical (unpaired) electrons. The standard InChI is InChI=1S/C19H34N2O5/c1-17(2,3)25-15(23)20-19(7,8)11-13-9-10-14(22)21(12-13)16(24)26-18(4,5)6/h13H,9-12H2,1-8H3,(H,20,23)/t13-/m0/s1. The number of carbonyl (C=O) groups excluding carboxylic acids is 3. The van der Waals surface area contributed by atoms with E-state index in [1.807, 2.05) is 34.6 Å². The molecule has 1 saturated heterocycles. The monoisotopic (exact) mass is 370 g/mol. The fraction of sp³-hybridized carbons (Fsp3) is 0.842. The summed E-state index contributed by atoms with van der Waals surface area (Å²) >= 11 is 0. The number of hydrogen-bond acceptors (Lipinski definition) is 5. The molecular weight excluding hydrogens is 336 g/mol. The Labute approximate surface area is 156 Å². The zero-order chi connectivity index (χ0) is 20.3. The van der Waals surface area contributed by atoms with Crippen LogP contribution in [0.4, 0.5) is 9.59 Å². The first-order valence-corrected chi connectivity index (χ1v) is 9.12. The van der Waals surface area contributed by atoms with Crippen LogP contribution in [0.15, 0.2) is 0 Å². The van der Waals surface area contributed by atoms with Gasteiger partial charge in [0.05, 0.1) is 0 Å². The average molecular weight is 370 g/mol. The minimum atomic E-state index is -0.651. The molecule has 1 atom stereocenters. The summed E-state index contributed by atoms with van der Waals surface area (Å²) in [5, 5.41) is 2.87. The summed E-state index contributed by atoms with van der Waals surface area (Å²) < 4.78 is 10.6. The zero-order valence-corrected chi connectivity index (χ0v) is 17.4. The number of hydrogen-bond donors (Lipinski definition) is 1. The molecular formula is C19H34N2O5. The zero-order valence-electron chi connectivity index (χ0n) is 17.4. The van der Waals surface area contributed by atoms with Gasteiger partial charge in [0, 0.05) is 18.5 Å². The number of piperidine rings is 1. The average Bonchev–Trinajstić information content (AvgIpc) is 2.35. The molecule has 7 heteroatoms. The van der Waals surface area contributed by atoms with E-state index in [-0.39, 0.29) is 11.8 Å². The SMILES string of the molecule is CC(C)(C[C@@H]1CCC(=O)N(C(=O)OC(C)(C)C)C1)NC(=O)OC(C)(C)C. The normalized spacial score (nSPS) is 19.2. The lowest BCUT2D eigenvalue weighted by Gasteiger charge is -2.37. The Balaban J connectivity index is 2.67. The maximum atomic E-state index is 12.3. The predicted molar refractivity (Wildman–Crippen MR) is 98.7 cm³/mol. The fourth-order valence-electron chi connectivity index (χ4n) is 2.93. The molecule has 0 aromatic carbocycles. The van der Waals surface area contributed by atoms with Crippen LogP contribution in [0.2, 0.25) is 0 Å². The third-order valence-electron chi connectivity index (χ3n) is 3.76. The van der Waals surface area contributed by atoms with Gasteiger partial charge < -0.3 is 14.8 Å². The molecule has 1 rings (SSSR count). The van der Waals surface area contributed by atoms with Gasteiger partial charge in [0.1, 0.15) is 11.2 Å². The molecule has 1 heterocycles. The maximum Gasteiger partial charge on any atom is 0.417 e. The smallest absolute Gasteiger partial charge is 0.417 e. The van der Waals surface area contributed by atoms with Crippen LogP contribution in [0, 0.1) is 5.92 Å². The second-order valence-electron chi connectivity index (χ2n) is 9.60. The number of amides is 3. The lowest BCUT2D eigenvalue weighted by atomic mass is 9.85. The van der Waals surface area contributed by atoms with E-state index >= 15 is 0 Å². The second kappa shape index (κ2) is 7.84. The van der Waals surface area contributed by atoms with Crippen molar-refractivity contribution in [1.82, 2.24) is 10.2 Å². The van der Waals surface area contributed by atoms with Crippen LogP contribution >= 0.6 is 0 Å². The Morgan fingerprint density at radius 2 is 1.58 bits per heavy atom. The summed E-state index contributed by atoms with van der Waals surface area (Å²) in [7, 11) is 0. The van der Waals surface area contributed by atoms with Gasteiger partial charge in [-0.1, -0.05) is 0 Å². The molecule has 0 bridgehead atoms. The van der Waals surface area contributed by atoms with Gasteiger partial charge in [0.25, 0.3) is 0 Å². The Bertz CT molecular complexity index is 543. The van der Waals surface area contributed by atoms with Crippen molar-refractivity contribution in [3.63, 3.8) is 0 Å². The van der Waals surface area contributed by atoms with Crippen molar-refractivity contribution in [2.24, 2.45) is 5.92 Å². The van der Waals surface area contributed by atoms with Crippen molar-refractivity contribution >= 4 is 18.1 Å². The highest BCUT2D eigenvalue weighted by Crippen LogP contribution is 2.27. The van der Waals surface area contributed by atoms with Gasteiger partial charge in [-0.05, 0) is 74.1 Å². The van der Waals surface area contributed by atoms with Crippen LogP contribution in [0.25, 0.3) is 0 Å². The van der Waals surface area contributed by atoms with E-state index < -0.39 is 28.9 Å². The van der Waals surface area contributed by atoms with Gasteiger partial charge >= 0.3 is 12.2 Å². The first kappa shape index (κ1) is 22.3. The molecule has 3 amide bonds. The van der Waals surface area contributed by atoms with Gasteiger partial charge in [-0.15, -0.1) is 0 Å². The van der Waals surface area contributed by atoms with Crippen LogP contribution in [0.3, 0.4) is 0 Å². The molecule has 1 aliphatic heterocycles. The minimum absolute atomic E-state index is 0.0881. The molecule has 7 nitrogen and oxygen atoms in total. The fourth-order valence-corrected chi connectivity index (χ4v) is 2.93. The number of imide groups is 1. The third-order valence-corrected chi connectivity index (χ3v) is 3.76. The molecule has 1 N–H and O–H groups in total. The molecule has 0 saturated carbocycles. The molecule has 0 spiro atoms. The summed E-state index contributed by atoms with van der Waals surface area (Å²) in [5.41, 5.74) is -1.74. The van der Waals surface area contributed by atoms with Gasteiger partial charge in [-0.2, -0.15) is 0 Å². The number of ether oxygens (including phenoxy) is 2. The van der Waals surface area contributed by atoms with Gasteiger partial charge in [0.2, 0.25) is 5.91 Å². The molecule has 0 unspecified atom stereocenters. The van der Waals surface area contributed by atoms with E-state index in [1.54, 1.807) is 20.8 Å². The van der Waals surface area contributed by atoms with E-state index in [0.29, 0.717) is 25.8 Å². The van der Waals surface area contributed by atoms with E-state index in [9.17, 15) is 14.4 Å². The van der Waals surface area contributed by atoms with Crippen molar-refractivity contribution in [3.8, 4) is 0 Å². The minimum Gasteiger partial charge on any atom is -0.444 e. The van der Waals surface area contributed by atoms with Crippen LogP contribution in [0.1, 0.15) is 74.7 Å². The molecule has 26 heavy (non-hydrogen) atoms. The second-order valence-corrected chi connectivity index (χ2v) is 9.60. The summed E-state index contributed by atoms with van der Waals surface area (Å²) in [4.78, 5) is 37.6. The summed E-state index contributed by atoms with van der Waals surface area (Å²) in [6, 6.07) is 0. The van der Waals surface area contributed by atoms with Crippen LogP contribution in [-0.2, 0) is 14.3 Å². The summed E-state index contributed by atoms with van der Waals surface area (Å²) in [5.74, 6) is -0.126. The Hall–Kier alpha value is -1.79. The number of alkyl carbamates (subject to hydrolysis) is 1. The van der Waals surface area contributed by atoms with E-state index in [1.165, 1.54) is 4.90 Å². The van der Waals surface area contributed by atoms with Crippen molar-refractivity contribution < 1.29 is 23.9 Å². The highest BCUT2D eigenvalue weighted by atomic mass is 16.6. The number of likely N-dealkylation sites (tertiary alicyclic amines) is 1. The first-order chi connectivity index (χ1) is 11.6.